The van der Waals surface area contributed by atoms with E-state index in [9.17, 15) is 0 Å². The standard InChI is InChI=1S/C12H25NO3/c1-2-6-13-11(9-14)5-8-15-10-12-4-3-7-16-12/h11-14H,2-10H2,1H3. The third-order valence-corrected chi connectivity index (χ3v) is 2.84. The van der Waals surface area contributed by atoms with Crippen LogP contribution in [-0.2, 0) is 9.47 Å². The Labute approximate surface area is 98.3 Å². The highest BCUT2D eigenvalue weighted by atomic mass is 16.5. The van der Waals surface area contributed by atoms with Crippen LogP contribution < -0.4 is 5.32 Å². The second-order valence-electron chi connectivity index (χ2n) is 4.33. The van der Waals surface area contributed by atoms with Gasteiger partial charge in [0.1, 0.15) is 0 Å². The van der Waals surface area contributed by atoms with E-state index in [2.05, 4.69) is 12.2 Å². The molecule has 4 heteroatoms. The van der Waals surface area contributed by atoms with Crippen molar-refractivity contribution in [3.63, 3.8) is 0 Å². The van der Waals surface area contributed by atoms with E-state index in [1.165, 1.54) is 0 Å². The zero-order valence-electron chi connectivity index (χ0n) is 10.3. The quantitative estimate of drug-likeness (QED) is 0.580. The molecule has 0 aliphatic carbocycles. The third-order valence-electron chi connectivity index (χ3n) is 2.84. The van der Waals surface area contributed by atoms with Gasteiger partial charge in [-0.25, -0.2) is 0 Å². The van der Waals surface area contributed by atoms with Crippen LogP contribution in [0.25, 0.3) is 0 Å². The molecule has 1 rings (SSSR count). The predicted molar refractivity (Wildman–Crippen MR) is 63.6 cm³/mol. The van der Waals surface area contributed by atoms with Gasteiger partial charge in [0, 0.05) is 19.3 Å². The van der Waals surface area contributed by atoms with Crippen LogP contribution in [0.3, 0.4) is 0 Å². The van der Waals surface area contributed by atoms with E-state index in [1.807, 2.05) is 0 Å². The lowest BCUT2D eigenvalue weighted by atomic mass is 10.2. The molecule has 1 fully saturated rings. The molecule has 0 spiro atoms. The van der Waals surface area contributed by atoms with Crippen molar-refractivity contribution in [3.8, 4) is 0 Å². The van der Waals surface area contributed by atoms with Crippen molar-refractivity contribution in [3.05, 3.63) is 0 Å². The molecule has 1 aliphatic heterocycles. The molecule has 2 unspecified atom stereocenters. The van der Waals surface area contributed by atoms with E-state index in [0.29, 0.717) is 19.3 Å². The van der Waals surface area contributed by atoms with Crippen molar-refractivity contribution in [1.82, 2.24) is 5.32 Å². The normalized spacial score (nSPS) is 22.5. The highest BCUT2D eigenvalue weighted by Gasteiger charge is 2.15. The molecule has 0 bridgehead atoms. The van der Waals surface area contributed by atoms with E-state index in [0.717, 1.165) is 38.8 Å². The molecule has 0 aromatic heterocycles. The van der Waals surface area contributed by atoms with E-state index in [4.69, 9.17) is 14.6 Å². The van der Waals surface area contributed by atoms with Crippen LogP contribution in [0.4, 0.5) is 0 Å². The van der Waals surface area contributed by atoms with Gasteiger partial charge in [-0.3, -0.25) is 0 Å². The molecule has 0 aromatic carbocycles. The van der Waals surface area contributed by atoms with Crippen molar-refractivity contribution in [2.24, 2.45) is 0 Å². The minimum atomic E-state index is 0.171. The Balaban J connectivity index is 1.95. The Morgan fingerprint density at radius 3 is 3.06 bits per heavy atom. The van der Waals surface area contributed by atoms with Gasteiger partial charge in [0.2, 0.25) is 0 Å². The lowest BCUT2D eigenvalue weighted by Gasteiger charge is -2.16. The molecule has 2 atom stereocenters. The molecule has 16 heavy (non-hydrogen) atoms. The molecule has 0 amide bonds. The van der Waals surface area contributed by atoms with Gasteiger partial charge in [-0.15, -0.1) is 0 Å². The smallest absolute Gasteiger partial charge is 0.0809 e. The average Bonchev–Trinajstić information content (AvgIpc) is 2.81. The number of aliphatic hydroxyl groups excluding tert-OH is 1. The Hall–Kier alpha value is -0.160. The fraction of sp³-hybridized carbons (Fsp3) is 1.00. The van der Waals surface area contributed by atoms with E-state index >= 15 is 0 Å². The van der Waals surface area contributed by atoms with Crippen molar-refractivity contribution in [2.75, 3.05) is 33.0 Å². The van der Waals surface area contributed by atoms with E-state index in [-0.39, 0.29) is 12.6 Å². The first-order valence-corrected chi connectivity index (χ1v) is 6.40. The lowest BCUT2D eigenvalue weighted by molar-refractivity contribution is 0.0131. The fourth-order valence-corrected chi connectivity index (χ4v) is 1.82. The summed E-state index contributed by atoms with van der Waals surface area (Å²) in [4.78, 5) is 0. The lowest BCUT2D eigenvalue weighted by Crippen LogP contribution is -2.34. The summed E-state index contributed by atoms with van der Waals surface area (Å²) in [5, 5.41) is 12.4. The van der Waals surface area contributed by atoms with Crippen LogP contribution >= 0.6 is 0 Å². The van der Waals surface area contributed by atoms with Crippen molar-refractivity contribution in [1.29, 1.82) is 0 Å². The highest BCUT2D eigenvalue weighted by molar-refractivity contribution is 4.66. The molecular formula is C12H25NO3. The number of ether oxygens (including phenoxy) is 2. The fourth-order valence-electron chi connectivity index (χ4n) is 1.82. The van der Waals surface area contributed by atoms with Gasteiger partial charge >= 0.3 is 0 Å². The second kappa shape index (κ2) is 8.93. The Morgan fingerprint density at radius 1 is 1.56 bits per heavy atom. The highest BCUT2D eigenvalue weighted by Crippen LogP contribution is 2.11. The van der Waals surface area contributed by atoms with Crippen molar-refractivity contribution in [2.45, 2.75) is 44.8 Å². The summed E-state index contributed by atoms with van der Waals surface area (Å²) in [5.74, 6) is 0. The molecule has 4 nitrogen and oxygen atoms in total. The number of hydrogen-bond acceptors (Lipinski definition) is 4. The first kappa shape index (κ1) is 13.9. The van der Waals surface area contributed by atoms with Crippen LogP contribution in [-0.4, -0.2) is 50.2 Å². The molecule has 1 aliphatic rings. The van der Waals surface area contributed by atoms with Gasteiger partial charge in [-0.2, -0.15) is 0 Å². The monoisotopic (exact) mass is 231 g/mol. The maximum Gasteiger partial charge on any atom is 0.0809 e. The maximum atomic E-state index is 9.12. The topological polar surface area (TPSA) is 50.7 Å². The predicted octanol–water partition coefficient (Wildman–Crippen LogP) is 0.933. The van der Waals surface area contributed by atoms with Gasteiger partial charge in [0.25, 0.3) is 0 Å². The van der Waals surface area contributed by atoms with Gasteiger partial charge in [0.15, 0.2) is 0 Å². The summed E-state index contributed by atoms with van der Waals surface area (Å²) < 4.78 is 11.0. The summed E-state index contributed by atoms with van der Waals surface area (Å²) in [6.45, 7) is 5.54. The zero-order valence-corrected chi connectivity index (χ0v) is 10.3. The van der Waals surface area contributed by atoms with Crippen LogP contribution in [0.1, 0.15) is 32.6 Å². The van der Waals surface area contributed by atoms with Crippen LogP contribution in [0.15, 0.2) is 0 Å². The zero-order chi connectivity index (χ0) is 11.6. The summed E-state index contributed by atoms with van der Waals surface area (Å²) >= 11 is 0. The van der Waals surface area contributed by atoms with E-state index < -0.39 is 0 Å². The Bertz CT molecular complexity index is 160. The minimum Gasteiger partial charge on any atom is -0.395 e. The molecular weight excluding hydrogens is 206 g/mol. The average molecular weight is 231 g/mol. The molecule has 2 N–H and O–H groups in total. The number of hydrogen-bond donors (Lipinski definition) is 2. The number of rotatable bonds is 9. The van der Waals surface area contributed by atoms with Gasteiger partial charge in [0.05, 0.1) is 19.3 Å². The molecule has 96 valence electrons. The largest absolute Gasteiger partial charge is 0.395 e. The summed E-state index contributed by atoms with van der Waals surface area (Å²) in [5.41, 5.74) is 0. The number of aliphatic hydroxyl groups is 1. The summed E-state index contributed by atoms with van der Waals surface area (Å²) in [6.07, 6.45) is 4.54. The Morgan fingerprint density at radius 2 is 2.44 bits per heavy atom. The van der Waals surface area contributed by atoms with Crippen molar-refractivity contribution >= 4 is 0 Å². The maximum absolute atomic E-state index is 9.12. The first-order chi connectivity index (χ1) is 7.86. The van der Waals surface area contributed by atoms with Gasteiger partial charge < -0.3 is 19.9 Å². The van der Waals surface area contributed by atoms with Gasteiger partial charge in [-0.05, 0) is 32.2 Å². The Kier molecular flexibility index (Phi) is 7.76. The summed E-state index contributed by atoms with van der Waals surface area (Å²) in [6, 6.07) is 0.171. The SMILES string of the molecule is CCCNC(CO)CCOCC1CCCO1. The van der Waals surface area contributed by atoms with Gasteiger partial charge in [-0.1, -0.05) is 6.92 Å². The third kappa shape index (κ3) is 5.80. The molecule has 0 aromatic rings. The molecule has 0 radical (unpaired) electrons. The van der Waals surface area contributed by atoms with E-state index in [1.54, 1.807) is 0 Å². The summed E-state index contributed by atoms with van der Waals surface area (Å²) in [7, 11) is 0. The van der Waals surface area contributed by atoms with Crippen molar-refractivity contribution < 1.29 is 14.6 Å². The minimum absolute atomic E-state index is 0.171. The second-order valence-corrected chi connectivity index (χ2v) is 4.33. The van der Waals surface area contributed by atoms with Crippen LogP contribution in [0.5, 0.6) is 0 Å². The molecule has 0 saturated carbocycles. The molecule has 1 saturated heterocycles. The van der Waals surface area contributed by atoms with Crippen LogP contribution in [0, 0.1) is 0 Å². The molecule has 1 heterocycles. The number of nitrogens with one attached hydrogen (secondary N) is 1. The first-order valence-electron chi connectivity index (χ1n) is 6.40. The van der Waals surface area contributed by atoms with Crippen LogP contribution in [0.2, 0.25) is 0 Å².